The summed E-state index contributed by atoms with van der Waals surface area (Å²) in [5, 5.41) is 17.7. The van der Waals surface area contributed by atoms with Crippen LogP contribution in [0.3, 0.4) is 0 Å². The number of rotatable bonds is 3. The number of anilines is 1. The minimum Gasteiger partial charge on any atom is -0.305 e. The molecule has 2 aromatic carbocycles. The molecule has 1 N–H and O–H groups in total. The van der Waals surface area contributed by atoms with E-state index < -0.39 is 0 Å². The van der Waals surface area contributed by atoms with Gasteiger partial charge in [0.1, 0.15) is 11.6 Å². The average molecular weight is 381 g/mol. The first-order valence-corrected chi connectivity index (χ1v) is 9.22. The van der Waals surface area contributed by atoms with Crippen LogP contribution in [0.5, 0.6) is 0 Å². The monoisotopic (exact) mass is 381 g/mol. The molecule has 4 rings (SSSR count). The molecule has 0 radical (unpaired) electrons. The van der Waals surface area contributed by atoms with Gasteiger partial charge in [0.2, 0.25) is 0 Å². The molecular formula is C23H19N5O. The molecule has 29 heavy (non-hydrogen) atoms. The Hall–Kier alpha value is -3.98. The Labute approximate surface area is 168 Å². The summed E-state index contributed by atoms with van der Waals surface area (Å²) in [5.74, 6) is 0.557. The first kappa shape index (κ1) is 18.4. The number of para-hydroxylation sites is 1. The van der Waals surface area contributed by atoms with Gasteiger partial charge in [-0.05, 0) is 49.6 Å². The van der Waals surface area contributed by atoms with E-state index in [2.05, 4.69) is 16.5 Å². The van der Waals surface area contributed by atoms with Crippen molar-refractivity contribution in [3.8, 4) is 11.9 Å². The third-order valence-electron chi connectivity index (χ3n) is 4.96. The molecule has 0 saturated heterocycles. The highest BCUT2D eigenvalue weighted by atomic mass is 16.1. The largest absolute Gasteiger partial charge is 0.305 e. The van der Waals surface area contributed by atoms with E-state index in [-0.39, 0.29) is 11.5 Å². The lowest BCUT2D eigenvalue weighted by Gasteiger charge is -2.12. The number of aryl methyl sites for hydroxylation is 3. The molecule has 2 heterocycles. The van der Waals surface area contributed by atoms with Crippen LogP contribution in [0.15, 0.2) is 54.7 Å². The van der Waals surface area contributed by atoms with Gasteiger partial charge in [-0.25, -0.2) is 4.98 Å². The van der Waals surface area contributed by atoms with Crippen LogP contribution >= 0.6 is 0 Å². The van der Waals surface area contributed by atoms with Gasteiger partial charge in [0.05, 0.1) is 11.7 Å². The highest BCUT2D eigenvalue weighted by Gasteiger charge is 2.18. The first-order chi connectivity index (χ1) is 14.0. The molecule has 0 bridgehead atoms. The molecule has 0 fully saturated rings. The van der Waals surface area contributed by atoms with Gasteiger partial charge in [-0.15, -0.1) is 0 Å². The number of pyridine rings is 1. The van der Waals surface area contributed by atoms with Crippen molar-refractivity contribution in [2.24, 2.45) is 0 Å². The van der Waals surface area contributed by atoms with Crippen LogP contribution in [0.1, 0.15) is 32.6 Å². The Kier molecular flexibility index (Phi) is 4.57. The molecule has 2 aromatic heterocycles. The number of hydrogen-bond donors (Lipinski definition) is 1. The Bertz CT molecular complexity index is 1300. The number of carbonyl (C=O) groups excluding carboxylic acids is 1. The number of hydrogen-bond acceptors (Lipinski definition) is 4. The lowest BCUT2D eigenvalue weighted by molar-refractivity contribution is 0.102. The minimum absolute atomic E-state index is 0.274. The summed E-state index contributed by atoms with van der Waals surface area (Å²) in [7, 11) is 0. The van der Waals surface area contributed by atoms with Crippen molar-refractivity contribution in [3.05, 3.63) is 82.5 Å². The van der Waals surface area contributed by atoms with Crippen molar-refractivity contribution in [2.75, 3.05) is 5.32 Å². The Morgan fingerprint density at radius 3 is 2.55 bits per heavy atom. The molecular weight excluding hydrogens is 362 g/mol. The second-order valence-electron chi connectivity index (χ2n) is 6.97. The Balaban J connectivity index is 1.83. The topological polar surface area (TPSA) is 83.6 Å². The molecule has 6 nitrogen and oxygen atoms in total. The van der Waals surface area contributed by atoms with Crippen molar-refractivity contribution in [3.63, 3.8) is 0 Å². The quantitative estimate of drug-likeness (QED) is 0.567. The maximum absolute atomic E-state index is 12.8. The lowest BCUT2D eigenvalue weighted by atomic mass is 10.1. The summed E-state index contributed by atoms with van der Waals surface area (Å²) in [6, 6.07) is 17.3. The summed E-state index contributed by atoms with van der Waals surface area (Å²) >= 11 is 0. The Morgan fingerprint density at radius 1 is 1.03 bits per heavy atom. The van der Waals surface area contributed by atoms with E-state index in [1.54, 1.807) is 12.1 Å². The maximum atomic E-state index is 12.8. The fraction of sp³-hybridized carbons (Fsp3) is 0.130. The summed E-state index contributed by atoms with van der Waals surface area (Å²) in [6.07, 6.45) is 1.44. The zero-order valence-electron chi connectivity index (χ0n) is 16.4. The number of nitriles is 1. The van der Waals surface area contributed by atoms with Crippen LogP contribution in [0.2, 0.25) is 0 Å². The predicted octanol–water partition coefficient (Wildman–Crippen LogP) is 4.47. The van der Waals surface area contributed by atoms with E-state index in [1.807, 2.05) is 57.2 Å². The van der Waals surface area contributed by atoms with Crippen LogP contribution in [-0.2, 0) is 0 Å². The fourth-order valence-electron chi connectivity index (χ4n) is 3.38. The molecule has 0 unspecified atom stereocenters. The van der Waals surface area contributed by atoms with E-state index in [9.17, 15) is 10.1 Å². The van der Waals surface area contributed by atoms with Crippen molar-refractivity contribution in [1.29, 1.82) is 5.26 Å². The highest BCUT2D eigenvalue weighted by molar-refractivity contribution is 6.05. The number of amides is 1. The average Bonchev–Trinajstić information content (AvgIpc) is 3.11. The van der Waals surface area contributed by atoms with Crippen LogP contribution < -0.4 is 5.32 Å². The van der Waals surface area contributed by atoms with Crippen molar-refractivity contribution in [2.45, 2.75) is 20.8 Å². The maximum Gasteiger partial charge on any atom is 0.257 e. The number of carbonyl (C=O) groups is 1. The number of benzene rings is 2. The number of nitrogens with zero attached hydrogens (tertiary/aromatic N) is 4. The van der Waals surface area contributed by atoms with Gasteiger partial charge in [-0.2, -0.15) is 15.0 Å². The summed E-state index contributed by atoms with van der Waals surface area (Å²) in [6.45, 7) is 5.88. The normalized spacial score (nSPS) is 10.7. The summed E-state index contributed by atoms with van der Waals surface area (Å²) < 4.78 is 1.51. The van der Waals surface area contributed by atoms with E-state index in [0.717, 1.165) is 27.6 Å². The van der Waals surface area contributed by atoms with Crippen molar-refractivity contribution >= 4 is 22.6 Å². The zero-order valence-corrected chi connectivity index (χ0v) is 16.4. The van der Waals surface area contributed by atoms with Gasteiger partial charge >= 0.3 is 0 Å². The minimum atomic E-state index is -0.296. The molecule has 0 saturated carbocycles. The van der Waals surface area contributed by atoms with E-state index in [0.29, 0.717) is 17.2 Å². The molecule has 142 valence electrons. The third kappa shape index (κ3) is 3.23. The third-order valence-corrected chi connectivity index (χ3v) is 4.96. The van der Waals surface area contributed by atoms with Crippen molar-refractivity contribution in [1.82, 2.24) is 14.8 Å². The standard InChI is InChI=1S/C23H19N5O/c1-14-7-4-5-9-19(14)23(29)27-22-17(12-24)13-25-28(22)20-11-16(3)18-10-6-8-15(2)21(18)26-20/h4-11,13H,1-3H3,(H,27,29). The van der Waals surface area contributed by atoms with Gasteiger partial charge in [0.25, 0.3) is 5.91 Å². The molecule has 0 aliphatic carbocycles. The lowest BCUT2D eigenvalue weighted by Crippen LogP contribution is -2.17. The molecule has 0 spiro atoms. The number of nitrogens with one attached hydrogen (secondary N) is 1. The van der Waals surface area contributed by atoms with Gasteiger partial charge in [-0.1, -0.05) is 36.4 Å². The molecule has 1 amide bonds. The molecule has 0 aliphatic rings. The first-order valence-electron chi connectivity index (χ1n) is 9.22. The van der Waals surface area contributed by atoms with Crippen LogP contribution in [-0.4, -0.2) is 20.7 Å². The van der Waals surface area contributed by atoms with Gasteiger partial charge in [0, 0.05) is 10.9 Å². The summed E-state index contributed by atoms with van der Waals surface area (Å²) in [4.78, 5) is 17.6. The van der Waals surface area contributed by atoms with Gasteiger partial charge in [0.15, 0.2) is 11.6 Å². The van der Waals surface area contributed by atoms with E-state index in [4.69, 9.17) is 4.98 Å². The van der Waals surface area contributed by atoms with E-state index >= 15 is 0 Å². The summed E-state index contributed by atoms with van der Waals surface area (Å²) in [5.41, 5.74) is 4.63. The van der Waals surface area contributed by atoms with Crippen LogP contribution in [0.25, 0.3) is 16.7 Å². The molecule has 6 heteroatoms. The second kappa shape index (κ2) is 7.21. The van der Waals surface area contributed by atoms with Gasteiger partial charge < -0.3 is 5.32 Å². The van der Waals surface area contributed by atoms with Crippen molar-refractivity contribution < 1.29 is 4.79 Å². The fourth-order valence-corrected chi connectivity index (χ4v) is 3.38. The SMILES string of the molecule is Cc1ccccc1C(=O)Nc1c(C#N)cnn1-c1cc(C)c2cccc(C)c2n1. The number of fused-ring (bicyclic) bond motifs is 1. The molecule has 4 aromatic rings. The predicted molar refractivity (Wildman–Crippen MR) is 112 cm³/mol. The number of aromatic nitrogens is 3. The Morgan fingerprint density at radius 2 is 1.79 bits per heavy atom. The molecule has 0 atom stereocenters. The highest BCUT2D eigenvalue weighted by Crippen LogP contribution is 2.25. The smallest absolute Gasteiger partial charge is 0.257 e. The van der Waals surface area contributed by atoms with E-state index in [1.165, 1.54) is 10.9 Å². The van der Waals surface area contributed by atoms with Gasteiger partial charge in [-0.3, -0.25) is 4.79 Å². The second-order valence-corrected chi connectivity index (χ2v) is 6.97. The van der Waals surface area contributed by atoms with Crippen LogP contribution in [0, 0.1) is 32.1 Å². The van der Waals surface area contributed by atoms with Crippen LogP contribution in [0.4, 0.5) is 5.82 Å². The molecule has 0 aliphatic heterocycles. The zero-order chi connectivity index (χ0) is 20.5.